The topological polar surface area (TPSA) is 89.7 Å². The van der Waals surface area contributed by atoms with E-state index < -0.39 is 15.9 Å². The van der Waals surface area contributed by atoms with Crippen LogP contribution in [0.15, 0.2) is 59.5 Å². The van der Waals surface area contributed by atoms with Crippen LogP contribution < -0.4 is 14.8 Å². The third-order valence-corrected chi connectivity index (χ3v) is 4.78. The summed E-state index contributed by atoms with van der Waals surface area (Å²) in [6.07, 6.45) is 0. The number of benzene rings is 2. The van der Waals surface area contributed by atoms with Crippen molar-refractivity contribution in [1.29, 1.82) is 0 Å². The van der Waals surface area contributed by atoms with Crippen LogP contribution in [0.25, 0.3) is 0 Å². The maximum atomic E-state index is 12.5. The molecule has 6 nitrogen and oxygen atoms in total. The average molecular weight is 320 g/mol. The van der Waals surface area contributed by atoms with Gasteiger partial charge in [0.15, 0.2) is 6.61 Å². The standard InChI is InChI=1S/C15H16N2O4S/c1-17(12-5-3-2-4-6-12)22(19,20)14-9-7-13(8-10-14)21-11-15(16)18/h2-10H,11H2,1H3,(H2,16,18). The van der Waals surface area contributed by atoms with Crippen LogP contribution in [0.1, 0.15) is 0 Å². The van der Waals surface area contributed by atoms with Crippen molar-refractivity contribution in [1.82, 2.24) is 0 Å². The molecule has 0 heterocycles. The zero-order valence-electron chi connectivity index (χ0n) is 12.0. The monoisotopic (exact) mass is 320 g/mol. The summed E-state index contributed by atoms with van der Waals surface area (Å²) in [5.41, 5.74) is 5.54. The normalized spacial score (nSPS) is 11.0. The Morgan fingerprint density at radius 2 is 1.68 bits per heavy atom. The van der Waals surface area contributed by atoms with E-state index in [4.69, 9.17) is 10.5 Å². The Kier molecular flexibility index (Phi) is 4.67. The first kappa shape index (κ1) is 15.8. The summed E-state index contributed by atoms with van der Waals surface area (Å²) in [6, 6.07) is 14.6. The van der Waals surface area contributed by atoms with E-state index in [1.54, 1.807) is 24.3 Å². The molecule has 0 fully saturated rings. The van der Waals surface area contributed by atoms with Crippen molar-refractivity contribution in [2.24, 2.45) is 5.73 Å². The van der Waals surface area contributed by atoms with Crippen molar-refractivity contribution < 1.29 is 17.9 Å². The highest BCUT2D eigenvalue weighted by atomic mass is 32.2. The van der Waals surface area contributed by atoms with E-state index in [1.165, 1.54) is 35.6 Å². The van der Waals surface area contributed by atoms with Gasteiger partial charge in [-0.1, -0.05) is 18.2 Å². The number of rotatable bonds is 6. The number of anilines is 1. The lowest BCUT2D eigenvalue weighted by Gasteiger charge is -2.19. The molecule has 0 radical (unpaired) electrons. The summed E-state index contributed by atoms with van der Waals surface area (Å²) < 4.78 is 31.3. The predicted molar refractivity (Wildman–Crippen MR) is 83.2 cm³/mol. The number of primary amides is 1. The van der Waals surface area contributed by atoms with Crippen LogP contribution in [0.2, 0.25) is 0 Å². The Bertz CT molecular complexity index is 743. The highest BCUT2D eigenvalue weighted by Gasteiger charge is 2.21. The molecule has 2 aromatic carbocycles. The number of para-hydroxylation sites is 1. The molecule has 116 valence electrons. The number of sulfonamides is 1. The second-order valence-electron chi connectivity index (χ2n) is 4.53. The Morgan fingerprint density at radius 1 is 1.09 bits per heavy atom. The number of amides is 1. The number of nitrogens with two attached hydrogens (primary N) is 1. The van der Waals surface area contributed by atoms with Gasteiger partial charge in [-0.15, -0.1) is 0 Å². The molecule has 0 spiro atoms. The van der Waals surface area contributed by atoms with E-state index in [0.29, 0.717) is 11.4 Å². The summed E-state index contributed by atoms with van der Waals surface area (Å²) in [5.74, 6) is -0.222. The number of ether oxygens (including phenoxy) is 1. The van der Waals surface area contributed by atoms with E-state index in [9.17, 15) is 13.2 Å². The third-order valence-electron chi connectivity index (χ3n) is 2.98. The quantitative estimate of drug-likeness (QED) is 0.870. The molecule has 0 aromatic heterocycles. The third kappa shape index (κ3) is 3.56. The van der Waals surface area contributed by atoms with Crippen molar-refractivity contribution in [3.05, 3.63) is 54.6 Å². The van der Waals surface area contributed by atoms with Crippen LogP contribution in [0, 0.1) is 0 Å². The molecule has 7 heteroatoms. The molecule has 0 unspecified atom stereocenters. The van der Waals surface area contributed by atoms with Gasteiger partial charge in [-0.05, 0) is 36.4 Å². The minimum absolute atomic E-state index is 0.130. The Labute approximate surface area is 129 Å². The molecule has 22 heavy (non-hydrogen) atoms. The van der Waals surface area contributed by atoms with Gasteiger partial charge >= 0.3 is 0 Å². The van der Waals surface area contributed by atoms with Crippen molar-refractivity contribution >= 4 is 21.6 Å². The van der Waals surface area contributed by atoms with Gasteiger partial charge in [-0.25, -0.2) is 8.42 Å². The first-order valence-corrected chi connectivity index (χ1v) is 7.90. The number of carbonyl (C=O) groups excluding carboxylic acids is 1. The summed E-state index contributed by atoms with van der Waals surface area (Å²) >= 11 is 0. The highest BCUT2D eigenvalue weighted by molar-refractivity contribution is 7.92. The van der Waals surface area contributed by atoms with Crippen molar-refractivity contribution in [3.63, 3.8) is 0 Å². The summed E-state index contributed by atoms with van der Waals surface area (Å²) in [4.78, 5) is 10.8. The van der Waals surface area contributed by atoms with Gasteiger partial charge in [-0.2, -0.15) is 0 Å². The molecule has 2 aromatic rings. The highest BCUT2D eigenvalue weighted by Crippen LogP contribution is 2.23. The van der Waals surface area contributed by atoms with Gasteiger partial charge in [0.2, 0.25) is 0 Å². The maximum Gasteiger partial charge on any atom is 0.264 e. The molecule has 0 saturated carbocycles. The van der Waals surface area contributed by atoms with Gasteiger partial charge in [0.25, 0.3) is 15.9 Å². The largest absolute Gasteiger partial charge is 0.484 e. The first-order chi connectivity index (χ1) is 10.4. The first-order valence-electron chi connectivity index (χ1n) is 6.46. The van der Waals surface area contributed by atoms with Gasteiger partial charge < -0.3 is 10.5 Å². The number of nitrogens with zero attached hydrogens (tertiary/aromatic N) is 1. The SMILES string of the molecule is CN(c1ccccc1)S(=O)(=O)c1ccc(OCC(N)=O)cc1. The summed E-state index contributed by atoms with van der Waals surface area (Å²) in [7, 11) is -2.17. The molecule has 2 rings (SSSR count). The Morgan fingerprint density at radius 3 is 2.23 bits per heavy atom. The van der Waals surface area contributed by atoms with Gasteiger partial charge in [0.05, 0.1) is 10.6 Å². The van der Waals surface area contributed by atoms with E-state index in [1.807, 2.05) is 6.07 Å². The van der Waals surface area contributed by atoms with Crippen molar-refractivity contribution in [2.45, 2.75) is 4.90 Å². The van der Waals surface area contributed by atoms with Crippen LogP contribution in [-0.2, 0) is 14.8 Å². The number of hydrogen-bond acceptors (Lipinski definition) is 4. The van der Waals surface area contributed by atoms with Gasteiger partial charge in [0.1, 0.15) is 5.75 Å². The molecular weight excluding hydrogens is 304 g/mol. The molecule has 0 aliphatic heterocycles. The molecule has 1 amide bonds. The molecule has 0 aliphatic rings. The second kappa shape index (κ2) is 6.48. The van der Waals surface area contributed by atoms with E-state index in [-0.39, 0.29) is 11.5 Å². The van der Waals surface area contributed by atoms with E-state index >= 15 is 0 Å². The fraction of sp³-hybridized carbons (Fsp3) is 0.133. The second-order valence-corrected chi connectivity index (χ2v) is 6.50. The minimum atomic E-state index is -3.65. The average Bonchev–Trinajstić information content (AvgIpc) is 2.53. The zero-order valence-corrected chi connectivity index (χ0v) is 12.8. The lowest BCUT2D eigenvalue weighted by Crippen LogP contribution is -2.26. The molecule has 2 N–H and O–H groups in total. The smallest absolute Gasteiger partial charge is 0.264 e. The Balaban J connectivity index is 2.21. The van der Waals surface area contributed by atoms with E-state index in [0.717, 1.165) is 0 Å². The van der Waals surface area contributed by atoms with Crippen LogP contribution in [0.3, 0.4) is 0 Å². The predicted octanol–water partition coefficient (Wildman–Crippen LogP) is 1.38. The van der Waals surface area contributed by atoms with Gasteiger partial charge in [-0.3, -0.25) is 9.10 Å². The molecule has 0 saturated heterocycles. The molecule has 0 bridgehead atoms. The lowest BCUT2D eigenvalue weighted by molar-refractivity contribution is -0.119. The molecule has 0 atom stereocenters. The summed E-state index contributed by atoms with van der Waals surface area (Å²) in [5, 5.41) is 0. The van der Waals surface area contributed by atoms with Crippen molar-refractivity contribution in [3.8, 4) is 5.75 Å². The molecule has 0 aliphatic carbocycles. The van der Waals surface area contributed by atoms with Crippen LogP contribution in [0.5, 0.6) is 5.75 Å². The maximum absolute atomic E-state index is 12.5. The lowest BCUT2D eigenvalue weighted by atomic mass is 10.3. The summed E-state index contributed by atoms with van der Waals surface area (Å²) in [6.45, 7) is -0.254. The number of carbonyl (C=O) groups is 1. The molecular formula is C15H16N2O4S. The zero-order chi connectivity index (χ0) is 16.2. The fourth-order valence-electron chi connectivity index (χ4n) is 1.80. The van der Waals surface area contributed by atoms with Gasteiger partial charge in [0, 0.05) is 7.05 Å². The van der Waals surface area contributed by atoms with Crippen LogP contribution >= 0.6 is 0 Å². The number of hydrogen-bond donors (Lipinski definition) is 1. The van der Waals surface area contributed by atoms with E-state index in [2.05, 4.69) is 0 Å². The Hall–Kier alpha value is -2.54. The minimum Gasteiger partial charge on any atom is -0.484 e. The van der Waals surface area contributed by atoms with Crippen LogP contribution in [-0.4, -0.2) is 28.0 Å². The van der Waals surface area contributed by atoms with Crippen LogP contribution in [0.4, 0.5) is 5.69 Å². The fourth-order valence-corrected chi connectivity index (χ4v) is 2.99. The van der Waals surface area contributed by atoms with Crippen molar-refractivity contribution in [2.75, 3.05) is 18.0 Å².